The molecule has 0 spiro atoms. The molecule has 3 aliphatic heterocycles. The molecule has 0 aliphatic carbocycles. The van der Waals surface area contributed by atoms with E-state index in [4.69, 9.17) is 19.7 Å². The van der Waals surface area contributed by atoms with Gasteiger partial charge in [0.2, 0.25) is 17.5 Å². The normalized spacial score (nSPS) is 18.9. The Bertz CT molecular complexity index is 2210. The number of benzene rings is 2. The maximum atomic E-state index is 13.7. The minimum Gasteiger partial charge on any atom is -0.453 e. The van der Waals surface area contributed by atoms with Gasteiger partial charge in [0, 0.05) is 24.4 Å². The number of aromatic amines is 2. The van der Waals surface area contributed by atoms with Crippen LogP contribution in [0.25, 0.3) is 33.6 Å². The third kappa shape index (κ3) is 8.30. The van der Waals surface area contributed by atoms with Crippen LogP contribution < -0.4 is 10.6 Å². The van der Waals surface area contributed by atoms with Gasteiger partial charge in [-0.05, 0) is 88.8 Å². The van der Waals surface area contributed by atoms with Crippen LogP contribution in [0.2, 0.25) is 0 Å². The number of carbonyl (C=O) groups excluding carboxylic acids is 4. The topological polar surface area (TPSA) is 178 Å². The van der Waals surface area contributed by atoms with Crippen molar-refractivity contribution in [2.24, 2.45) is 16.8 Å². The molecule has 2 saturated heterocycles. The van der Waals surface area contributed by atoms with Gasteiger partial charge in [0.25, 0.3) is 0 Å². The number of aliphatic imine (C=N–C) groups is 1. The molecule has 4 amide bonds. The summed E-state index contributed by atoms with van der Waals surface area (Å²) in [5.74, 6) is 1.06. The number of likely N-dealkylation sites (tertiary alicyclic amines) is 2. The number of alkyl carbamates (subject to hydrolysis) is 1. The van der Waals surface area contributed by atoms with Crippen molar-refractivity contribution in [3.05, 3.63) is 66.0 Å². The highest BCUT2D eigenvalue weighted by atomic mass is 31.0. The number of nitrogens with one attached hydrogen (secondary N) is 4. The summed E-state index contributed by atoms with van der Waals surface area (Å²) < 4.78 is 4.78. The Kier molecular flexibility index (Phi) is 12.1. The van der Waals surface area contributed by atoms with Crippen LogP contribution in [-0.4, -0.2) is 91.3 Å². The molecular weight excluding hydrogens is 754 g/mol. The number of hydrogen-bond donors (Lipinski definition) is 4. The van der Waals surface area contributed by atoms with Crippen LogP contribution in [0.1, 0.15) is 96.0 Å². The molecule has 0 radical (unpaired) electrons. The fourth-order valence-electron chi connectivity index (χ4n) is 8.54. The van der Waals surface area contributed by atoms with Crippen molar-refractivity contribution in [2.45, 2.75) is 97.3 Å². The van der Waals surface area contributed by atoms with Gasteiger partial charge >= 0.3 is 6.09 Å². The third-order valence-electron chi connectivity index (χ3n) is 11.6. The number of methoxy groups -OCH3 is 1. The summed E-state index contributed by atoms with van der Waals surface area (Å²) in [7, 11) is 3.40. The first-order valence-electron chi connectivity index (χ1n) is 20.3. The number of hydrogen-bond acceptors (Lipinski definition) is 8. The molecule has 7 rings (SSSR count). The second-order valence-corrected chi connectivity index (χ2v) is 16.8. The maximum absolute atomic E-state index is 13.7. The standard InChI is InChI=1S/C43H54N9O5P/c1-23(2)35(49-42(55)57-6)40(53)51-19-7-9-33(51)38-44-21-31(47-38)27-14-12-26(13-15-27)28-17-18-30(37-29(28)16-11-25(5)46-37)32-22-45-39(48-32)34-10-8-20-52(34)41(54)36(24(3)4)50-43(56)58/h12-15,17-18,21-24,33-36H,7-11,16,19-20,58H2,1-6H3,(H,44,47)(H,45,48)(H,49,55)(H,50,56)/t33-,34-,35-,36-/m0/s1. The van der Waals surface area contributed by atoms with Gasteiger partial charge in [-0.3, -0.25) is 19.4 Å². The van der Waals surface area contributed by atoms with Gasteiger partial charge in [-0.15, -0.1) is 0 Å². The van der Waals surface area contributed by atoms with Crippen molar-refractivity contribution >= 4 is 44.2 Å². The zero-order chi connectivity index (χ0) is 41.2. The molecule has 2 aromatic heterocycles. The Labute approximate surface area is 341 Å². The van der Waals surface area contributed by atoms with E-state index in [9.17, 15) is 19.2 Å². The predicted octanol–water partition coefficient (Wildman–Crippen LogP) is 7.49. The molecule has 14 nitrogen and oxygen atoms in total. The molecule has 5 atom stereocenters. The molecule has 3 aliphatic rings. The van der Waals surface area contributed by atoms with Crippen molar-refractivity contribution in [3.8, 4) is 33.6 Å². The number of H-pyrrole nitrogens is 2. The first-order valence-corrected chi connectivity index (χ1v) is 20.8. The predicted molar refractivity (Wildman–Crippen MR) is 227 cm³/mol. The maximum Gasteiger partial charge on any atom is 0.407 e. The SMILES string of the molecule is COC(=O)N[C@H](C(=O)N1CCC[C@H]1c1ncc(-c2ccc(-c3ccc(-c4cnc([C@@H]5CCCN5C(=O)[C@@H](NC(=O)P)C(C)C)[nH]4)c4c3CCC(C)=N4)cc2)[nH]1)C(C)C. The summed E-state index contributed by atoms with van der Waals surface area (Å²) in [6.07, 6.45) is 8.02. The van der Waals surface area contributed by atoms with Gasteiger partial charge in [0.15, 0.2) is 0 Å². The third-order valence-corrected chi connectivity index (χ3v) is 11.8. The van der Waals surface area contributed by atoms with E-state index in [1.165, 1.54) is 12.7 Å². The summed E-state index contributed by atoms with van der Waals surface area (Å²) in [6.45, 7) is 10.9. The van der Waals surface area contributed by atoms with Gasteiger partial charge in [-0.25, -0.2) is 14.8 Å². The number of imidazole rings is 2. The number of fused-ring (bicyclic) bond motifs is 1. The second-order valence-electron chi connectivity index (χ2n) is 16.2. The molecule has 1 unspecified atom stereocenters. The fourth-order valence-corrected chi connectivity index (χ4v) is 8.72. The minimum absolute atomic E-state index is 0.0550. The van der Waals surface area contributed by atoms with Gasteiger partial charge < -0.3 is 35.1 Å². The van der Waals surface area contributed by atoms with E-state index in [0.717, 1.165) is 95.2 Å². The molecule has 4 aromatic rings. The molecule has 58 heavy (non-hydrogen) atoms. The summed E-state index contributed by atoms with van der Waals surface area (Å²) in [6, 6.07) is 10.9. The lowest BCUT2D eigenvalue weighted by molar-refractivity contribution is -0.136. The molecule has 2 aromatic carbocycles. The van der Waals surface area contributed by atoms with Crippen molar-refractivity contribution in [3.63, 3.8) is 0 Å². The minimum atomic E-state index is -0.693. The monoisotopic (exact) mass is 807 g/mol. The van der Waals surface area contributed by atoms with Gasteiger partial charge in [0.1, 0.15) is 23.7 Å². The van der Waals surface area contributed by atoms with Gasteiger partial charge in [0.05, 0.1) is 48.7 Å². The van der Waals surface area contributed by atoms with Crippen LogP contribution in [0, 0.1) is 11.8 Å². The molecule has 306 valence electrons. The molecule has 0 bridgehead atoms. The highest BCUT2D eigenvalue weighted by molar-refractivity contribution is 7.39. The summed E-state index contributed by atoms with van der Waals surface area (Å²) in [5, 5.41) is 5.52. The number of aromatic nitrogens is 4. The van der Waals surface area contributed by atoms with Crippen LogP contribution in [0.5, 0.6) is 0 Å². The first-order chi connectivity index (χ1) is 27.8. The molecule has 0 saturated carbocycles. The van der Waals surface area contributed by atoms with Crippen molar-refractivity contribution in [1.29, 1.82) is 0 Å². The van der Waals surface area contributed by atoms with Crippen molar-refractivity contribution < 1.29 is 23.9 Å². The number of ether oxygens (including phenoxy) is 1. The van der Waals surface area contributed by atoms with Gasteiger partial charge in [-0.1, -0.05) is 64.1 Å². The van der Waals surface area contributed by atoms with Crippen LogP contribution in [-0.2, 0) is 20.7 Å². The fraction of sp³-hybridized carbons (Fsp3) is 0.465. The van der Waals surface area contributed by atoms with Crippen LogP contribution in [0.4, 0.5) is 15.3 Å². The number of rotatable bonds is 11. The number of nitrogens with zero attached hydrogens (tertiary/aromatic N) is 5. The zero-order valence-corrected chi connectivity index (χ0v) is 35.2. The Morgan fingerprint density at radius 1 is 0.759 bits per heavy atom. The van der Waals surface area contributed by atoms with E-state index in [1.54, 1.807) is 0 Å². The lowest BCUT2D eigenvalue weighted by Gasteiger charge is -2.30. The van der Waals surface area contributed by atoms with Crippen LogP contribution >= 0.6 is 9.24 Å². The van der Waals surface area contributed by atoms with Crippen molar-refractivity contribution in [1.82, 2.24) is 40.4 Å². The van der Waals surface area contributed by atoms with Crippen LogP contribution in [0.15, 0.2) is 53.8 Å². The van der Waals surface area contributed by atoms with E-state index in [-0.39, 0.29) is 41.4 Å². The highest BCUT2D eigenvalue weighted by Gasteiger charge is 2.39. The van der Waals surface area contributed by atoms with E-state index in [0.29, 0.717) is 13.1 Å². The Morgan fingerprint density at radius 3 is 1.86 bits per heavy atom. The molecular formula is C43H54N9O5P. The van der Waals surface area contributed by atoms with Crippen LogP contribution in [0.3, 0.4) is 0 Å². The van der Waals surface area contributed by atoms with Crippen molar-refractivity contribution in [2.75, 3.05) is 20.2 Å². The molecule has 4 N–H and O–H groups in total. The Morgan fingerprint density at radius 2 is 1.29 bits per heavy atom. The first kappa shape index (κ1) is 40.8. The smallest absolute Gasteiger partial charge is 0.407 e. The molecule has 2 fully saturated rings. The Balaban J connectivity index is 1.11. The Hall–Kier alpha value is -5.36. The summed E-state index contributed by atoms with van der Waals surface area (Å²) >= 11 is 0. The average Bonchev–Trinajstić information content (AvgIpc) is 4.05. The van der Waals surface area contributed by atoms with E-state index in [1.807, 2.05) is 49.9 Å². The van der Waals surface area contributed by atoms with E-state index < -0.39 is 18.2 Å². The summed E-state index contributed by atoms with van der Waals surface area (Å²) in [4.78, 5) is 76.4. The number of carbonyl (C=O) groups is 4. The van der Waals surface area contributed by atoms with E-state index >= 15 is 0 Å². The lowest BCUT2D eigenvalue weighted by atomic mass is 9.89. The highest BCUT2D eigenvalue weighted by Crippen LogP contribution is 2.43. The van der Waals surface area contributed by atoms with Gasteiger partial charge in [-0.2, -0.15) is 0 Å². The zero-order valence-electron chi connectivity index (χ0n) is 34.1. The lowest BCUT2D eigenvalue weighted by Crippen LogP contribution is -2.51. The second kappa shape index (κ2) is 17.2. The summed E-state index contributed by atoms with van der Waals surface area (Å²) in [5.41, 5.74) is 8.72. The number of amides is 4. The largest absolute Gasteiger partial charge is 0.453 e. The molecule has 15 heteroatoms. The average molecular weight is 808 g/mol. The quantitative estimate of drug-likeness (QED) is 0.114. The van der Waals surface area contributed by atoms with E-state index in [2.05, 4.69) is 73.2 Å². The molecule has 5 heterocycles.